The molecule has 7 nitrogen and oxygen atoms in total. The second-order valence-corrected chi connectivity index (χ2v) is 6.42. The molecule has 0 spiro atoms. The van der Waals surface area contributed by atoms with E-state index in [4.69, 9.17) is 18.9 Å². The summed E-state index contributed by atoms with van der Waals surface area (Å²) < 4.78 is 21.7. The minimum absolute atomic E-state index is 0. The average molecular weight is 529 g/mol. The van der Waals surface area contributed by atoms with Crippen LogP contribution in [0, 0.1) is 0 Å². The number of rotatable bonds is 10. The lowest BCUT2D eigenvalue weighted by Crippen LogP contribution is -2.42. The molecule has 1 unspecified atom stereocenters. The van der Waals surface area contributed by atoms with Gasteiger partial charge in [-0.25, -0.2) is 0 Å². The highest BCUT2D eigenvalue weighted by Gasteiger charge is 2.07. The number of benzene rings is 2. The van der Waals surface area contributed by atoms with E-state index in [-0.39, 0.29) is 30.1 Å². The second-order valence-electron chi connectivity index (χ2n) is 6.42. The van der Waals surface area contributed by atoms with Crippen LogP contribution in [0.5, 0.6) is 23.0 Å². The maximum Gasteiger partial charge on any atom is 0.191 e. The third-order valence-electron chi connectivity index (χ3n) is 4.33. The number of aliphatic imine (C=N–C) groups is 1. The van der Waals surface area contributed by atoms with E-state index in [1.807, 2.05) is 49.4 Å². The maximum atomic E-state index is 5.90. The van der Waals surface area contributed by atoms with Gasteiger partial charge >= 0.3 is 0 Å². The van der Waals surface area contributed by atoms with Gasteiger partial charge in [-0.3, -0.25) is 4.99 Å². The van der Waals surface area contributed by atoms with Gasteiger partial charge in [-0.2, -0.15) is 0 Å². The predicted molar refractivity (Wildman–Crippen MR) is 131 cm³/mol. The number of hydrogen-bond donors (Lipinski definition) is 2. The third kappa shape index (κ3) is 8.17. The highest BCUT2D eigenvalue weighted by Crippen LogP contribution is 2.27. The van der Waals surface area contributed by atoms with E-state index < -0.39 is 0 Å². The smallest absolute Gasteiger partial charge is 0.191 e. The number of guanidine groups is 1. The summed E-state index contributed by atoms with van der Waals surface area (Å²) in [5, 5.41) is 6.60. The van der Waals surface area contributed by atoms with Gasteiger partial charge in [0.05, 0.1) is 27.9 Å². The Morgan fingerprint density at radius 3 is 2.17 bits per heavy atom. The first-order chi connectivity index (χ1) is 14.1. The molecule has 1 atom stereocenters. The average Bonchev–Trinajstić information content (AvgIpc) is 2.76. The van der Waals surface area contributed by atoms with Crippen molar-refractivity contribution in [3.63, 3.8) is 0 Å². The van der Waals surface area contributed by atoms with Crippen LogP contribution in [-0.4, -0.2) is 53.5 Å². The molecule has 2 rings (SSSR count). The number of halogens is 1. The Morgan fingerprint density at radius 1 is 0.900 bits per heavy atom. The lowest BCUT2D eigenvalue weighted by atomic mass is 10.1. The standard InChI is InChI=1S/C22H31N3O4.HI/c1-16(29-19-9-7-18(26-3)8-10-19)15-25-22(23-2)24-13-12-17-6-11-20(27-4)21(14-17)28-5;/h6-11,14,16H,12-13,15H2,1-5H3,(H2,23,24,25);1H. The SMILES string of the molecule is CN=C(NCCc1ccc(OC)c(OC)c1)NCC(C)Oc1ccc(OC)cc1.I. The maximum absolute atomic E-state index is 5.90. The monoisotopic (exact) mass is 529 g/mol. The van der Waals surface area contributed by atoms with Crippen molar-refractivity contribution in [2.45, 2.75) is 19.4 Å². The van der Waals surface area contributed by atoms with Gasteiger partial charge in [0.15, 0.2) is 17.5 Å². The Kier molecular flexibility index (Phi) is 11.8. The largest absolute Gasteiger partial charge is 0.497 e. The molecule has 30 heavy (non-hydrogen) atoms. The highest BCUT2D eigenvalue weighted by molar-refractivity contribution is 14.0. The lowest BCUT2D eigenvalue weighted by molar-refractivity contribution is 0.223. The Morgan fingerprint density at radius 2 is 1.57 bits per heavy atom. The van der Waals surface area contributed by atoms with Crippen LogP contribution in [0.15, 0.2) is 47.5 Å². The summed E-state index contributed by atoms with van der Waals surface area (Å²) in [5.41, 5.74) is 1.15. The fourth-order valence-electron chi connectivity index (χ4n) is 2.75. The minimum atomic E-state index is -0.0206. The molecule has 8 heteroatoms. The van der Waals surface area contributed by atoms with E-state index in [1.165, 1.54) is 0 Å². The lowest BCUT2D eigenvalue weighted by Gasteiger charge is -2.18. The molecule has 2 N–H and O–H groups in total. The summed E-state index contributed by atoms with van der Waals surface area (Å²) >= 11 is 0. The van der Waals surface area contributed by atoms with Crippen LogP contribution in [0.4, 0.5) is 0 Å². The van der Waals surface area contributed by atoms with Crippen LogP contribution in [0.1, 0.15) is 12.5 Å². The normalized spacial score (nSPS) is 11.7. The van der Waals surface area contributed by atoms with Gasteiger partial charge in [0, 0.05) is 13.6 Å². The number of hydrogen-bond acceptors (Lipinski definition) is 5. The van der Waals surface area contributed by atoms with E-state index in [9.17, 15) is 0 Å². The van der Waals surface area contributed by atoms with Crippen molar-refractivity contribution in [1.29, 1.82) is 0 Å². The zero-order chi connectivity index (χ0) is 21.1. The quantitative estimate of drug-likeness (QED) is 0.279. The molecule has 166 valence electrons. The molecule has 0 saturated carbocycles. The van der Waals surface area contributed by atoms with Crippen LogP contribution in [0.25, 0.3) is 0 Å². The van der Waals surface area contributed by atoms with E-state index in [0.717, 1.165) is 47.5 Å². The van der Waals surface area contributed by atoms with Gasteiger partial charge in [0.25, 0.3) is 0 Å². The van der Waals surface area contributed by atoms with Crippen molar-refractivity contribution in [2.75, 3.05) is 41.5 Å². The van der Waals surface area contributed by atoms with Crippen molar-refractivity contribution < 1.29 is 18.9 Å². The molecule has 0 saturated heterocycles. The number of nitrogens with one attached hydrogen (secondary N) is 2. The van der Waals surface area contributed by atoms with Crippen molar-refractivity contribution in [1.82, 2.24) is 10.6 Å². The molecule has 0 aliphatic carbocycles. The summed E-state index contributed by atoms with van der Waals surface area (Å²) in [6, 6.07) is 13.5. The summed E-state index contributed by atoms with van der Waals surface area (Å²) in [6.07, 6.45) is 0.812. The van der Waals surface area contributed by atoms with Gasteiger partial charge in [-0.15, -0.1) is 24.0 Å². The fourth-order valence-corrected chi connectivity index (χ4v) is 2.75. The highest BCUT2D eigenvalue weighted by atomic mass is 127. The zero-order valence-electron chi connectivity index (χ0n) is 18.2. The topological polar surface area (TPSA) is 73.3 Å². The van der Waals surface area contributed by atoms with Crippen molar-refractivity contribution >= 4 is 29.9 Å². The van der Waals surface area contributed by atoms with E-state index in [2.05, 4.69) is 15.6 Å². The molecule has 0 amide bonds. The first kappa shape index (κ1) is 25.7. The molecule has 0 aliphatic rings. The van der Waals surface area contributed by atoms with Gasteiger partial charge in [-0.05, 0) is 55.3 Å². The van der Waals surface area contributed by atoms with E-state index in [0.29, 0.717) is 6.54 Å². The fraction of sp³-hybridized carbons (Fsp3) is 0.409. The van der Waals surface area contributed by atoms with Gasteiger partial charge in [0.2, 0.25) is 0 Å². The Labute approximate surface area is 196 Å². The molecule has 2 aromatic carbocycles. The Balaban J connectivity index is 0.00000450. The first-order valence-electron chi connectivity index (χ1n) is 9.55. The van der Waals surface area contributed by atoms with Gasteiger partial charge in [0.1, 0.15) is 17.6 Å². The first-order valence-corrected chi connectivity index (χ1v) is 9.55. The minimum Gasteiger partial charge on any atom is -0.497 e. The number of methoxy groups -OCH3 is 3. The molecular weight excluding hydrogens is 497 g/mol. The zero-order valence-corrected chi connectivity index (χ0v) is 20.6. The molecule has 0 aromatic heterocycles. The van der Waals surface area contributed by atoms with Crippen LogP contribution in [-0.2, 0) is 6.42 Å². The molecule has 0 heterocycles. The third-order valence-corrected chi connectivity index (χ3v) is 4.33. The molecule has 0 bridgehead atoms. The summed E-state index contributed by atoms with van der Waals surface area (Å²) in [7, 11) is 6.67. The molecule has 2 aromatic rings. The molecule has 0 radical (unpaired) electrons. The van der Waals surface area contributed by atoms with Crippen molar-refractivity contribution in [3.05, 3.63) is 48.0 Å². The molecule has 0 aliphatic heterocycles. The van der Waals surface area contributed by atoms with Gasteiger partial charge < -0.3 is 29.6 Å². The summed E-state index contributed by atoms with van der Waals surface area (Å²) in [5.74, 6) is 3.80. The van der Waals surface area contributed by atoms with Crippen LogP contribution in [0.2, 0.25) is 0 Å². The molecular formula is C22H32IN3O4. The van der Waals surface area contributed by atoms with Gasteiger partial charge in [-0.1, -0.05) is 6.07 Å². The summed E-state index contributed by atoms with van der Waals surface area (Å²) in [6.45, 7) is 3.37. The Hall–Kier alpha value is -2.36. The van der Waals surface area contributed by atoms with Crippen LogP contribution >= 0.6 is 24.0 Å². The number of ether oxygens (including phenoxy) is 4. The molecule has 0 fully saturated rings. The van der Waals surface area contributed by atoms with Crippen LogP contribution < -0.4 is 29.6 Å². The Bertz CT molecular complexity index is 784. The van der Waals surface area contributed by atoms with E-state index >= 15 is 0 Å². The predicted octanol–water partition coefficient (Wildman–Crippen LogP) is 3.51. The van der Waals surface area contributed by atoms with E-state index in [1.54, 1.807) is 28.4 Å². The second kappa shape index (κ2) is 13.8. The number of nitrogens with zero attached hydrogens (tertiary/aromatic N) is 1. The van der Waals surface area contributed by atoms with Crippen molar-refractivity contribution in [2.24, 2.45) is 4.99 Å². The van der Waals surface area contributed by atoms with Crippen molar-refractivity contribution in [3.8, 4) is 23.0 Å². The van der Waals surface area contributed by atoms with Crippen LogP contribution in [0.3, 0.4) is 0 Å². The summed E-state index contributed by atoms with van der Waals surface area (Å²) in [4.78, 5) is 4.26.